The molecule has 1 aromatic heterocycles. The lowest BCUT2D eigenvalue weighted by molar-refractivity contribution is -0.150. The Morgan fingerprint density at radius 1 is 0.556 bits per heavy atom. The molecule has 0 amide bonds. The summed E-state index contributed by atoms with van der Waals surface area (Å²) >= 11 is 0. The van der Waals surface area contributed by atoms with Gasteiger partial charge in [-0.2, -0.15) is 0 Å². The van der Waals surface area contributed by atoms with Crippen molar-refractivity contribution in [1.82, 2.24) is 13.7 Å². The average Bonchev–Trinajstić information content (AvgIpc) is 2.86. The van der Waals surface area contributed by atoms with Gasteiger partial charge in [0, 0.05) is 0 Å². The maximum absolute atomic E-state index is 12.8. The van der Waals surface area contributed by atoms with Gasteiger partial charge in [-0.25, -0.2) is 42.5 Å². The summed E-state index contributed by atoms with van der Waals surface area (Å²) in [6.07, 6.45) is -5.01. The molecule has 0 fully saturated rings. The second-order valence-corrected chi connectivity index (χ2v) is 7.16. The number of nitrogens with zero attached hydrogens (tertiary/aromatic N) is 3. The van der Waals surface area contributed by atoms with Crippen molar-refractivity contribution in [3.63, 3.8) is 0 Å². The number of rotatable bonds is 15. The second-order valence-electron chi connectivity index (χ2n) is 7.16. The Bertz CT molecular complexity index is 911. The Kier molecular flexibility index (Phi) is 12.6. The minimum absolute atomic E-state index is 0.331. The van der Waals surface area contributed by atoms with Gasteiger partial charge < -0.3 is 44.8 Å². The SMILES string of the molecule is O=C(CO)OCC(O)Cn1c(=O)n(CC(O)COC(=O)CO)c(=O)n(CC(O)COC(=O)CO)c1=O. The fourth-order valence-corrected chi connectivity index (χ4v) is 2.65. The van der Waals surface area contributed by atoms with Crippen molar-refractivity contribution in [2.75, 3.05) is 39.6 Å². The largest absolute Gasteiger partial charge is 0.461 e. The molecule has 0 spiro atoms. The van der Waals surface area contributed by atoms with Crippen molar-refractivity contribution in [2.24, 2.45) is 0 Å². The summed E-state index contributed by atoms with van der Waals surface area (Å²) in [5, 5.41) is 56.1. The van der Waals surface area contributed by atoms with Gasteiger partial charge in [-0.1, -0.05) is 0 Å². The molecule has 0 saturated heterocycles. The third-order valence-corrected chi connectivity index (χ3v) is 4.26. The lowest BCUT2D eigenvalue weighted by atomic mass is 10.3. The van der Waals surface area contributed by atoms with E-state index in [4.69, 9.17) is 15.3 Å². The average molecular weight is 525 g/mol. The molecular formula is C18H27N3O15. The maximum atomic E-state index is 12.8. The molecular weight excluding hydrogens is 498 g/mol. The van der Waals surface area contributed by atoms with Gasteiger partial charge >= 0.3 is 35.0 Å². The molecule has 0 bridgehead atoms. The van der Waals surface area contributed by atoms with Crippen LogP contribution in [0.2, 0.25) is 0 Å². The molecule has 0 aromatic carbocycles. The molecule has 3 atom stereocenters. The highest BCUT2D eigenvalue weighted by Gasteiger charge is 2.22. The monoisotopic (exact) mass is 525 g/mol. The van der Waals surface area contributed by atoms with E-state index < -0.39 is 113 Å². The zero-order valence-electron chi connectivity index (χ0n) is 18.8. The molecule has 0 aliphatic heterocycles. The summed E-state index contributed by atoms with van der Waals surface area (Å²) in [6.45, 7) is -7.73. The summed E-state index contributed by atoms with van der Waals surface area (Å²) in [4.78, 5) is 71.5. The Balaban J connectivity index is 3.33. The van der Waals surface area contributed by atoms with E-state index in [1.54, 1.807) is 0 Å². The first-order chi connectivity index (χ1) is 16.9. The van der Waals surface area contributed by atoms with Crippen molar-refractivity contribution in [3.05, 3.63) is 31.5 Å². The molecule has 18 heteroatoms. The number of carbonyl (C=O) groups is 3. The van der Waals surface area contributed by atoms with E-state index in [1.807, 2.05) is 0 Å². The fraction of sp³-hybridized carbons (Fsp3) is 0.667. The molecule has 0 aliphatic rings. The summed E-state index contributed by atoms with van der Waals surface area (Å²) in [6, 6.07) is 0. The molecule has 204 valence electrons. The van der Waals surface area contributed by atoms with Gasteiger partial charge in [0.05, 0.1) is 19.6 Å². The van der Waals surface area contributed by atoms with Gasteiger partial charge in [0.25, 0.3) is 0 Å². The number of aromatic nitrogens is 3. The number of hydrogen-bond acceptors (Lipinski definition) is 15. The quantitative estimate of drug-likeness (QED) is 0.0917. The highest BCUT2D eigenvalue weighted by atomic mass is 16.6. The van der Waals surface area contributed by atoms with Gasteiger partial charge in [-0.05, 0) is 0 Å². The molecule has 1 heterocycles. The van der Waals surface area contributed by atoms with E-state index in [2.05, 4.69) is 14.2 Å². The molecule has 3 unspecified atom stereocenters. The Labute approximate surface area is 200 Å². The molecule has 1 aromatic rings. The van der Waals surface area contributed by atoms with E-state index >= 15 is 0 Å². The first-order valence-electron chi connectivity index (χ1n) is 10.2. The van der Waals surface area contributed by atoms with E-state index in [1.165, 1.54) is 0 Å². The van der Waals surface area contributed by atoms with E-state index in [9.17, 15) is 44.1 Å². The van der Waals surface area contributed by atoms with Crippen molar-refractivity contribution in [2.45, 2.75) is 37.9 Å². The molecule has 1 rings (SSSR count). The van der Waals surface area contributed by atoms with Gasteiger partial charge in [0.1, 0.15) is 58.0 Å². The minimum Gasteiger partial charge on any atom is -0.461 e. The van der Waals surface area contributed by atoms with Crippen LogP contribution in [-0.4, -0.2) is 120 Å². The van der Waals surface area contributed by atoms with Crippen molar-refractivity contribution in [1.29, 1.82) is 0 Å². The number of ether oxygens (including phenoxy) is 3. The molecule has 18 nitrogen and oxygen atoms in total. The van der Waals surface area contributed by atoms with Crippen molar-refractivity contribution >= 4 is 17.9 Å². The van der Waals surface area contributed by atoms with Crippen LogP contribution in [0, 0.1) is 0 Å². The fourth-order valence-electron chi connectivity index (χ4n) is 2.65. The predicted molar refractivity (Wildman–Crippen MR) is 111 cm³/mol. The number of aliphatic hydroxyl groups excluding tert-OH is 6. The molecule has 36 heavy (non-hydrogen) atoms. The zero-order valence-corrected chi connectivity index (χ0v) is 18.8. The lowest BCUT2D eigenvalue weighted by Gasteiger charge is -2.19. The summed E-state index contributed by atoms with van der Waals surface area (Å²) < 4.78 is 14.5. The highest BCUT2D eigenvalue weighted by molar-refractivity contribution is 5.70. The Morgan fingerprint density at radius 2 is 0.778 bits per heavy atom. The number of esters is 3. The smallest absolute Gasteiger partial charge is 0.336 e. The number of aliphatic hydroxyl groups is 6. The maximum Gasteiger partial charge on any atom is 0.336 e. The first-order valence-corrected chi connectivity index (χ1v) is 10.2. The summed E-state index contributed by atoms with van der Waals surface area (Å²) in [5.74, 6) is -3.32. The first kappa shape index (κ1) is 30.6. The van der Waals surface area contributed by atoms with Crippen molar-refractivity contribution in [3.8, 4) is 0 Å². The van der Waals surface area contributed by atoms with Gasteiger partial charge in [-0.15, -0.1) is 0 Å². The van der Waals surface area contributed by atoms with Crippen molar-refractivity contribution < 1.29 is 59.2 Å². The molecule has 0 saturated carbocycles. The van der Waals surface area contributed by atoms with Gasteiger partial charge in [0.15, 0.2) is 0 Å². The minimum atomic E-state index is -1.67. The highest BCUT2D eigenvalue weighted by Crippen LogP contribution is 1.94. The summed E-state index contributed by atoms with van der Waals surface area (Å²) in [5.41, 5.74) is -3.99. The second kappa shape index (κ2) is 14.9. The normalized spacial score (nSPS) is 13.5. The molecule has 6 N–H and O–H groups in total. The number of carbonyl (C=O) groups excluding carboxylic acids is 3. The van der Waals surface area contributed by atoms with Crippen LogP contribution < -0.4 is 17.1 Å². The van der Waals surface area contributed by atoms with Crippen LogP contribution in [0.1, 0.15) is 0 Å². The van der Waals surface area contributed by atoms with Crippen LogP contribution in [-0.2, 0) is 48.2 Å². The molecule has 0 aliphatic carbocycles. The van der Waals surface area contributed by atoms with Gasteiger partial charge in [0.2, 0.25) is 0 Å². The van der Waals surface area contributed by atoms with E-state index in [0.717, 1.165) is 0 Å². The van der Waals surface area contributed by atoms with Crippen LogP contribution in [0.15, 0.2) is 14.4 Å². The zero-order chi connectivity index (χ0) is 27.4. The third kappa shape index (κ3) is 9.32. The van der Waals surface area contributed by atoms with Crippen LogP contribution in [0.25, 0.3) is 0 Å². The van der Waals surface area contributed by atoms with Gasteiger partial charge in [-0.3, -0.25) is 0 Å². The van der Waals surface area contributed by atoms with Crippen LogP contribution >= 0.6 is 0 Å². The topological polar surface area (TPSA) is 266 Å². The van der Waals surface area contributed by atoms with E-state index in [0.29, 0.717) is 13.7 Å². The van der Waals surface area contributed by atoms with Crippen LogP contribution in [0.4, 0.5) is 0 Å². The lowest BCUT2D eigenvalue weighted by Crippen LogP contribution is -2.57. The molecule has 0 radical (unpaired) electrons. The summed E-state index contributed by atoms with van der Waals surface area (Å²) in [7, 11) is 0. The van der Waals surface area contributed by atoms with Crippen LogP contribution in [0.5, 0.6) is 0 Å². The standard InChI is InChI=1S/C18H27N3O15/c22-4-13(28)34-7-10(25)1-19-16(31)20(2-11(26)8-35-14(29)5-23)18(33)21(17(19)32)3-12(27)9-36-15(30)6-24/h10-12,22-27H,1-9H2. The predicted octanol–water partition coefficient (Wildman–Crippen LogP) is -7.14. The number of hydrogen-bond donors (Lipinski definition) is 6. The Morgan fingerprint density at radius 3 is 0.972 bits per heavy atom. The third-order valence-electron chi connectivity index (χ3n) is 4.26. The Hall–Kier alpha value is -3.42. The van der Waals surface area contributed by atoms with E-state index in [-0.39, 0.29) is 0 Å². The van der Waals surface area contributed by atoms with Crippen LogP contribution in [0.3, 0.4) is 0 Å².